The number of carbonyl (C=O) groups is 1. The van der Waals surface area contributed by atoms with Crippen molar-refractivity contribution in [3.63, 3.8) is 0 Å². The minimum Gasteiger partial charge on any atom is -0.497 e. The third-order valence-electron chi connectivity index (χ3n) is 4.80. The van der Waals surface area contributed by atoms with E-state index in [1.54, 1.807) is 33.3 Å². The number of methoxy groups -OCH3 is 1. The first kappa shape index (κ1) is 18.1. The highest BCUT2D eigenvalue weighted by Gasteiger charge is 2.47. The standard InChI is InChI=1S/C18H25FN2O4/c1-20(2)17(22)16-9-18(12-24-16)11-21(6-7-25-18)10-13-8-14(23-3)4-5-15(13)19/h4-5,8,16H,6-7,9-12H2,1-3H3. The van der Waals surface area contributed by atoms with Gasteiger partial charge >= 0.3 is 0 Å². The van der Waals surface area contributed by atoms with E-state index in [-0.39, 0.29) is 11.7 Å². The van der Waals surface area contributed by atoms with Crippen LogP contribution in [0.3, 0.4) is 0 Å². The van der Waals surface area contributed by atoms with Crippen molar-refractivity contribution in [2.75, 3.05) is 47.5 Å². The molecule has 6 nitrogen and oxygen atoms in total. The Balaban J connectivity index is 1.67. The molecule has 1 amide bonds. The van der Waals surface area contributed by atoms with Gasteiger partial charge < -0.3 is 19.1 Å². The highest BCUT2D eigenvalue weighted by Crippen LogP contribution is 2.33. The van der Waals surface area contributed by atoms with Gasteiger partial charge in [0.05, 0.1) is 20.3 Å². The molecule has 0 aliphatic carbocycles. The fourth-order valence-electron chi connectivity index (χ4n) is 3.46. The van der Waals surface area contributed by atoms with E-state index >= 15 is 0 Å². The third-order valence-corrected chi connectivity index (χ3v) is 4.80. The van der Waals surface area contributed by atoms with E-state index in [2.05, 4.69) is 4.90 Å². The van der Waals surface area contributed by atoms with Crippen molar-refractivity contribution in [3.05, 3.63) is 29.6 Å². The van der Waals surface area contributed by atoms with Crippen LogP contribution in [0.4, 0.5) is 4.39 Å². The maximum Gasteiger partial charge on any atom is 0.251 e. The maximum atomic E-state index is 14.1. The fourth-order valence-corrected chi connectivity index (χ4v) is 3.46. The van der Waals surface area contributed by atoms with Crippen LogP contribution in [-0.2, 0) is 20.8 Å². The van der Waals surface area contributed by atoms with Crippen LogP contribution in [0.5, 0.6) is 5.75 Å². The van der Waals surface area contributed by atoms with E-state index in [4.69, 9.17) is 14.2 Å². The molecule has 0 N–H and O–H groups in total. The van der Waals surface area contributed by atoms with Crippen molar-refractivity contribution in [2.24, 2.45) is 0 Å². The molecule has 1 aromatic rings. The van der Waals surface area contributed by atoms with Gasteiger partial charge in [-0.05, 0) is 18.2 Å². The third kappa shape index (κ3) is 3.94. The molecule has 2 aliphatic heterocycles. The molecule has 3 rings (SSSR count). The molecule has 1 spiro atoms. The van der Waals surface area contributed by atoms with E-state index in [1.165, 1.54) is 11.0 Å². The van der Waals surface area contributed by atoms with Gasteiger partial charge in [0.2, 0.25) is 0 Å². The summed E-state index contributed by atoms with van der Waals surface area (Å²) < 4.78 is 30.9. The van der Waals surface area contributed by atoms with E-state index in [0.29, 0.717) is 50.6 Å². The second-order valence-corrected chi connectivity index (χ2v) is 6.94. The largest absolute Gasteiger partial charge is 0.497 e. The van der Waals surface area contributed by atoms with Crippen molar-refractivity contribution >= 4 is 5.91 Å². The highest BCUT2D eigenvalue weighted by atomic mass is 19.1. The summed E-state index contributed by atoms with van der Waals surface area (Å²) in [6.45, 7) is 2.72. The molecule has 2 aliphatic rings. The number of morpholine rings is 1. The molecule has 2 atom stereocenters. The molecule has 138 valence electrons. The quantitative estimate of drug-likeness (QED) is 0.817. The Hall–Kier alpha value is -1.70. The van der Waals surface area contributed by atoms with Gasteiger partial charge in [0.15, 0.2) is 0 Å². The average molecular weight is 352 g/mol. The Kier molecular flexibility index (Phi) is 5.27. The van der Waals surface area contributed by atoms with E-state index < -0.39 is 11.7 Å². The van der Waals surface area contributed by atoms with Gasteiger partial charge in [-0.3, -0.25) is 9.69 Å². The molecule has 2 saturated heterocycles. The number of halogens is 1. The summed E-state index contributed by atoms with van der Waals surface area (Å²) in [4.78, 5) is 15.8. The molecular weight excluding hydrogens is 327 g/mol. The van der Waals surface area contributed by atoms with Crippen LogP contribution in [0.1, 0.15) is 12.0 Å². The molecule has 7 heteroatoms. The average Bonchev–Trinajstić information content (AvgIpc) is 2.99. The van der Waals surface area contributed by atoms with E-state index in [1.807, 2.05) is 0 Å². The first-order valence-corrected chi connectivity index (χ1v) is 8.44. The van der Waals surface area contributed by atoms with Crippen molar-refractivity contribution in [1.29, 1.82) is 0 Å². The normalized spacial score (nSPS) is 26.8. The Morgan fingerprint density at radius 2 is 2.28 bits per heavy atom. The number of nitrogens with zero attached hydrogens (tertiary/aromatic N) is 2. The summed E-state index contributed by atoms with van der Waals surface area (Å²) in [5.41, 5.74) is 0.0976. The predicted molar refractivity (Wildman–Crippen MR) is 90.0 cm³/mol. The zero-order valence-electron chi connectivity index (χ0n) is 15.0. The number of carbonyl (C=O) groups excluding carboxylic acids is 1. The molecule has 0 radical (unpaired) electrons. The number of hydrogen-bond acceptors (Lipinski definition) is 5. The number of rotatable bonds is 4. The van der Waals surface area contributed by atoms with Crippen LogP contribution >= 0.6 is 0 Å². The zero-order valence-corrected chi connectivity index (χ0v) is 15.0. The fraction of sp³-hybridized carbons (Fsp3) is 0.611. The second kappa shape index (κ2) is 7.27. The molecule has 1 aromatic carbocycles. The van der Waals surface area contributed by atoms with Crippen LogP contribution in [0, 0.1) is 5.82 Å². The number of benzene rings is 1. The van der Waals surface area contributed by atoms with Gasteiger partial charge in [-0.1, -0.05) is 0 Å². The molecule has 2 fully saturated rings. The van der Waals surface area contributed by atoms with Gasteiger partial charge in [0.1, 0.15) is 23.3 Å². The lowest BCUT2D eigenvalue weighted by Crippen LogP contribution is -2.52. The number of ether oxygens (including phenoxy) is 3. The lowest BCUT2D eigenvalue weighted by molar-refractivity contribution is -0.138. The lowest BCUT2D eigenvalue weighted by Gasteiger charge is -2.39. The van der Waals surface area contributed by atoms with Crippen LogP contribution in [-0.4, -0.2) is 74.9 Å². The van der Waals surface area contributed by atoms with Crippen LogP contribution in [0.25, 0.3) is 0 Å². The van der Waals surface area contributed by atoms with Gasteiger partial charge in [0.25, 0.3) is 5.91 Å². The van der Waals surface area contributed by atoms with Crippen molar-refractivity contribution in [1.82, 2.24) is 9.80 Å². The molecule has 0 aromatic heterocycles. The lowest BCUT2D eigenvalue weighted by atomic mass is 9.96. The molecule has 2 unspecified atom stereocenters. The maximum absolute atomic E-state index is 14.1. The summed E-state index contributed by atoms with van der Waals surface area (Å²) in [7, 11) is 5.01. The SMILES string of the molecule is COc1ccc(F)c(CN2CCOC3(COC(C(=O)N(C)C)C3)C2)c1. The topological polar surface area (TPSA) is 51.2 Å². The molecule has 2 heterocycles. The Morgan fingerprint density at radius 3 is 3.00 bits per heavy atom. The zero-order chi connectivity index (χ0) is 18.0. The van der Waals surface area contributed by atoms with Crippen LogP contribution in [0.15, 0.2) is 18.2 Å². The van der Waals surface area contributed by atoms with Crippen molar-refractivity contribution < 1.29 is 23.4 Å². The molecule has 0 bridgehead atoms. The summed E-state index contributed by atoms with van der Waals surface area (Å²) in [5, 5.41) is 0. The van der Waals surface area contributed by atoms with Gasteiger partial charge in [-0.25, -0.2) is 4.39 Å². The van der Waals surface area contributed by atoms with Crippen LogP contribution < -0.4 is 4.74 Å². The number of hydrogen-bond donors (Lipinski definition) is 0. The highest BCUT2D eigenvalue weighted by molar-refractivity contribution is 5.80. The Morgan fingerprint density at radius 1 is 1.48 bits per heavy atom. The van der Waals surface area contributed by atoms with E-state index in [0.717, 1.165) is 0 Å². The second-order valence-electron chi connectivity index (χ2n) is 6.94. The van der Waals surface area contributed by atoms with Crippen molar-refractivity contribution in [3.8, 4) is 5.75 Å². The first-order valence-electron chi connectivity index (χ1n) is 8.44. The molecular formula is C18H25FN2O4. The summed E-state index contributed by atoms with van der Waals surface area (Å²) >= 11 is 0. The van der Waals surface area contributed by atoms with E-state index in [9.17, 15) is 9.18 Å². The molecule has 25 heavy (non-hydrogen) atoms. The number of likely N-dealkylation sites (N-methyl/N-ethyl adjacent to an activating group) is 1. The minimum absolute atomic E-state index is 0.0450. The predicted octanol–water partition coefficient (Wildman–Crippen LogP) is 1.28. The minimum atomic E-state index is -0.496. The number of amides is 1. The van der Waals surface area contributed by atoms with Crippen LogP contribution in [0.2, 0.25) is 0 Å². The molecule has 0 saturated carbocycles. The van der Waals surface area contributed by atoms with Gasteiger partial charge in [-0.15, -0.1) is 0 Å². The summed E-state index contributed by atoms with van der Waals surface area (Å²) in [5.74, 6) is 0.348. The van der Waals surface area contributed by atoms with Gasteiger partial charge in [-0.2, -0.15) is 0 Å². The smallest absolute Gasteiger partial charge is 0.251 e. The van der Waals surface area contributed by atoms with Crippen molar-refractivity contribution in [2.45, 2.75) is 24.7 Å². The summed E-state index contributed by atoms with van der Waals surface area (Å²) in [6.07, 6.45) is 0.0599. The monoisotopic (exact) mass is 352 g/mol. The summed E-state index contributed by atoms with van der Waals surface area (Å²) in [6, 6.07) is 4.76. The Labute approximate surface area is 147 Å². The first-order chi connectivity index (χ1) is 11.9. The Bertz CT molecular complexity index is 640. The van der Waals surface area contributed by atoms with Gasteiger partial charge in [0, 0.05) is 45.7 Å².